The zero-order valence-corrected chi connectivity index (χ0v) is 14.7. The normalized spacial score (nSPS) is 12.5. The van der Waals surface area contributed by atoms with Gasteiger partial charge in [0.1, 0.15) is 29.5 Å². The lowest BCUT2D eigenvalue weighted by Crippen LogP contribution is -2.15. The molecule has 132 valence electrons. The zero-order valence-electron chi connectivity index (χ0n) is 14.7. The van der Waals surface area contributed by atoms with Gasteiger partial charge in [0.2, 0.25) is 0 Å². The van der Waals surface area contributed by atoms with Crippen molar-refractivity contribution in [1.82, 2.24) is 19.6 Å². The Balaban J connectivity index is 1.65. The second kappa shape index (κ2) is 6.25. The SMILES string of the molecule is Cc1cc(N[C@@H](c2ccccc2)c2cc3ccccc3o2)n2ncnc2n1. The molecule has 0 aliphatic carbocycles. The van der Waals surface area contributed by atoms with Crippen LogP contribution in [0.4, 0.5) is 5.82 Å². The first-order valence-electron chi connectivity index (χ1n) is 8.75. The van der Waals surface area contributed by atoms with E-state index < -0.39 is 0 Å². The van der Waals surface area contributed by atoms with Gasteiger partial charge >= 0.3 is 0 Å². The third-order valence-electron chi connectivity index (χ3n) is 4.53. The van der Waals surface area contributed by atoms with Crippen LogP contribution in [0.15, 0.2) is 77.5 Å². The Kier molecular flexibility index (Phi) is 3.60. The molecule has 1 atom stereocenters. The number of anilines is 1. The maximum absolute atomic E-state index is 6.16. The predicted octanol–water partition coefficient (Wildman–Crippen LogP) is 4.38. The molecule has 0 spiro atoms. The summed E-state index contributed by atoms with van der Waals surface area (Å²) in [5.41, 5.74) is 2.83. The van der Waals surface area contributed by atoms with Crippen LogP contribution in [-0.2, 0) is 0 Å². The second-order valence-electron chi connectivity index (χ2n) is 6.43. The predicted molar refractivity (Wildman–Crippen MR) is 104 cm³/mol. The minimum atomic E-state index is -0.173. The monoisotopic (exact) mass is 355 g/mol. The fraction of sp³-hybridized carbons (Fsp3) is 0.0952. The van der Waals surface area contributed by atoms with Gasteiger partial charge in [0, 0.05) is 17.1 Å². The molecule has 3 heterocycles. The highest BCUT2D eigenvalue weighted by Gasteiger charge is 2.20. The van der Waals surface area contributed by atoms with E-state index in [1.807, 2.05) is 49.4 Å². The summed E-state index contributed by atoms with van der Waals surface area (Å²) in [5, 5.41) is 8.94. The fourth-order valence-corrected chi connectivity index (χ4v) is 3.29. The maximum Gasteiger partial charge on any atom is 0.254 e. The molecule has 0 saturated carbocycles. The number of nitrogens with one attached hydrogen (secondary N) is 1. The van der Waals surface area contributed by atoms with Crippen LogP contribution in [0.25, 0.3) is 16.7 Å². The van der Waals surface area contributed by atoms with E-state index in [4.69, 9.17) is 4.42 Å². The first kappa shape index (κ1) is 15.6. The van der Waals surface area contributed by atoms with Crippen LogP contribution in [-0.4, -0.2) is 19.6 Å². The van der Waals surface area contributed by atoms with Crippen molar-refractivity contribution in [2.24, 2.45) is 0 Å². The minimum absolute atomic E-state index is 0.173. The van der Waals surface area contributed by atoms with Gasteiger partial charge < -0.3 is 9.73 Å². The number of hydrogen-bond acceptors (Lipinski definition) is 5. The molecule has 3 aromatic heterocycles. The van der Waals surface area contributed by atoms with Crippen LogP contribution in [0.2, 0.25) is 0 Å². The standard InChI is InChI=1S/C21H17N5O/c1-14-11-19(26-21(24-14)22-13-23-26)25-20(15-7-3-2-4-8-15)18-12-16-9-5-6-10-17(16)27-18/h2-13,20,25H,1H3/t20-/m0/s1. The Morgan fingerprint density at radius 3 is 2.67 bits per heavy atom. The molecule has 27 heavy (non-hydrogen) atoms. The van der Waals surface area contributed by atoms with E-state index in [1.165, 1.54) is 6.33 Å². The fourth-order valence-electron chi connectivity index (χ4n) is 3.29. The van der Waals surface area contributed by atoms with E-state index in [1.54, 1.807) is 4.52 Å². The highest BCUT2D eigenvalue weighted by Crippen LogP contribution is 2.31. The van der Waals surface area contributed by atoms with Crippen molar-refractivity contribution in [3.8, 4) is 0 Å². The Morgan fingerprint density at radius 2 is 1.81 bits per heavy atom. The van der Waals surface area contributed by atoms with Crippen molar-refractivity contribution in [3.63, 3.8) is 0 Å². The van der Waals surface area contributed by atoms with E-state index in [0.29, 0.717) is 5.78 Å². The van der Waals surface area contributed by atoms with Crippen LogP contribution in [0, 0.1) is 6.92 Å². The lowest BCUT2D eigenvalue weighted by atomic mass is 10.0. The van der Waals surface area contributed by atoms with Gasteiger partial charge in [-0.15, -0.1) is 0 Å². The number of para-hydroxylation sites is 1. The molecule has 6 nitrogen and oxygen atoms in total. The molecular formula is C21H17N5O. The average Bonchev–Trinajstić information content (AvgIpc) is 3.33. The summed E-state index contributed by atoms with van der Waals surface area (Å²) in [6, 6.07) is 22.1. The topological polar surface area (TPSA) is 68.2 Å². The first-order chi connectivity index (χ1) is 13.3. The summed E-state index contributed by atoms with van der Waals surface area (Å²) in [6.07, 6.45) is 1.51. The van der Waals surface area contributed by atoms with E-state index in [-0.39, 0.29) is 6.04 Å². The molecule has 0 radical (unpaired) electrons. The van der Waals surface area contributed by atoms with Crippen molar-refractivity contribution in [2.75, 3.05) is 5.32 Å². The number of hydrogen-bond donors (Lipinski definition) is 1. The number of benzene rings is 2. The molecule has 0 bridgehead atoms. The molecule has 0 amide bonds. The van der Waals surface area contributed by atoms with Gasteiger partial charge in [-0.05, 0) is 24.6 Å². The van der Waals surface area contributed by atoms with Gasteiger partial charge in [-0.2, -0.15) is 14.6 Å². The van der Waals surface area contributed by atoms with E-state index in [0.717, 1.165) is 33.8 Å². The Bertz CT molecular complexity index is 1190. The van der Waals surface area contributed by atoms with Crippen LogP contribution < -0.4 is 5.32 Å². The summed E-state index contributed by atoms with van der Waals surface area (Å²) < 4.78 is 7.86. The quantitative estimate of drug-likeness (QED) is 0.518. The van der Waals surface area contributed by atoms with Crippen molar-refractivity contribution in [2.45, 2.75) is 13.0 Å². The van der Waals surface area contributed by atoms with Gasteiger partial charge in [0.15, 0.2) is 0 Å². The second-order valence-corrected chi connectivity index (χ2v) is 6.43. The number of rotatable bonds is 4. The van der Waals surface area contributed by atoms with Crippen molar-refractivity contribution in [3.05, 3.63) is 90.1 Å². The molecule has 5 rings (SSSR count). The molecular weight excluding hydrogens is 338 g/mol. The molecule has 0 unspecified atom stereocenters. The summed E-state index contributed by atoms with van der Waals surface area (Å²) >= 11 is 0. The van der Waals surface area contributed by atoms with Gasteiger partial charge in [0.25, 0.3) is 5.78 Å². The van der Waals surface area contributed by atoms with E-state index in [9.17, 15) is 0 Å². The van der Waals surface area contributed by atoms with Gasteiger partial charge in [-0.1, -0.05) is 48.5 Å². The molecule has 0 aliphatic heterocycles. The lowest BCUT2D eigenvalue weighted by molar-refractivity contribution is 0.535. The molecule has 6 heteroatoms. The Labute approximate surface area is 155 Å². The summed E-state index contributed by atoms with van der Waals surface area (Å²) in [5.74, 6) is 2.21. The molecule has 0 aliphatic rings. The molecule has 5 aromatic rings. The number of aromatic nitrogens is 4. The van der Waals surface area contributed by atoms with Crippen LogP contribution in [0.5, 0.6) is 0 Å². The highest BCUT2D eigenvalue weighted by molar-refractivity contribution is 5.78. The lowest BCUT2D eigenvalue weighted by Gasteiger charge is -2.19. The van der Waals surface area contributed by atoms with Gasteiger partial charge in [-0.3, -0.25) is 0 Å². The number of fused-ring (bicyclic) bond motifs is 2. The smallest absolute Gasteiger partial charge is 0.254 e. The summed E-state index contributed by atoms with van der Waals surface area (Å²) in [7, 11) is 0. The van der Waals surface area contributed by atoms with E-state index in [2.05, 4.69) is 44.6 Å². The van der Waals surface area contributed by atoms with Crippen LogP contribution in [0.1, 0.15) is 23.1 Å². The largest absolute Gasteiger partial charge is 0.459 e. The van der Waals surface area contributed by atoms with Gasteiger partial charge in [0.05, 0.1) is 0 Å². The number of nitrogens with zero attached hydrogens (tertiary/aromatic N) is 4. The zero-order chi connectivity index (χ0) is 18.2. The Morgan fingerprint density at radius 1 is 1.00 bits per heavy atom. The maximum atomic E-state index is 6.16. The van der Waals surface area contributed by atoms with Crippen molar-refractivity contribution >= 4 is 22.6 Å². The van der Waals surface area contributed by atoms with E-state index >= 15 is 0 Å². The highest BCUT2D eigenvalue weighted by atomic mass is 16.3. The first-order valence-corrected chi connectivity index (χ1v) is 8.75. The molecule has 1 N–H and O–H groups in total. The Hall–Kier alpha value is -3.67. The van der Waals surface area contributed by atoms with Crippen LogP contribution >= 0.6 is 0 Å². The van der Waals surface area contributed by atoms with Crippen molar-refractivity contribution in [1.29, 1.82) is 0 Å². The molecule has 0 fully saturated rings. The molecule has 2 aromatic carbocycles. The van der Waals surface area contributed by atoms with Crippen molar-refractivity contribution < 1.29 is 4.42 Å². The average molecular weight is 355 g/mol. The number of furan rings is 1. The minimum Gasteiger partial charge on any atom is -0.459 e. The van der Waals surface area contributed by atoms with Gasteiger partial charge in [-0.25, -0.2) is 4.98 Å². The molecule has 0 saturated heterocycles. The van der Waals surface area contributed by atoms with Crippen LogP contribution in [0.3, 0.4) is 0 Å². The third-order valence-corrected chi connectivity index (χ3v) is 4.53. The summed E-state index contributed by atoms with van der Waals surface area (Å²) in [6.45, 7) is 1.94. The summed E-state index contributed by atoms with van der Waals surface area (Å²) in [4.78, 5) is 8.61. The number of aryl methyl sites for hydroxylation is 1. The third kappa shape index (κ3) is 2.81.